The highest BCUT2D eigenvalue weighted by Crippen LogP contribution is 2.25. The zero-order valence-electron chi connectivity index (χ0n) is 18.1. The van der Waals surface area contributed by atoms with Gasteiger partial charge in [0, 0.05) is 24.5 Å². The number of rotatable bonds is 7. The summed E-state index contributed by atoms with van der Waals surface area (Å²) in [5.41, 5.74) is 3.17. The lowest BCUT2D eigenvalue weighted by molar-refractivity contribution is -0.114. The summed E-state index contributed by atoms with van der Waals surface area (Å²) in [4.78, 5) is 15.3. The first-order valence-corrected chi connectivity index (χ1v) is 12.2. The van der Waals surface area contributed by atoms with Crippen LogP contribution in [0.2, 0.25) is 0 Å². The predicted octanol–water partition coefficient (Wildman–Crippen LogP) is 4.43. The summed E-state index contributed by atoms with van der Waals surface area (Å²) < 4.78 is 27.9. The average molecular weight is 450 g/mol. The van der Waals surface area contributed by atoms with E-state index in [4.69, 9.17) is 0 Å². The van der Waals surface area contributed by atoms with Crippen molar-refractivity contribution >= 4 is 33.0 Å². The molecule has 0 spiro atoms. The van der Waals surface area contributed by atoms with Gasteiger partial charge in [0.1, 0.15) is 6.54 Å². The second kappa shape index (κ2) is 9.44. The summed E-state index contributed by atoms with van der Waals surface area (Å²) in [6.07, 6.45) is 2.40. The Morgan fingerprint density at radius 3 is 2.16 bits per heavy atom. The van der Waals surface area contributed by atoms with E-state index in [-0.39, 0.29) is 11.4 Å². The number of aryl methyl sites for hydroxylation is 1. The maximum atomic E-state index is 13.4. The van der Waals surface area contributed by atoms with Crippen LogP contribution in [0, 0.1) is 6.92 Å². The van der Waals surface area contributed by atoms with E-state index in [1.165, 1.54) is 12.8 Å². The molecule has 0 saturated carbocycles. The van der Waals surface area contributed by atoms with Gasteiger partial charge in [0.05, 0.1) is 10.6 Å². The third-order valence-corrected chi connectivity index (χ3v) is 7.35. The van der Waals surface area contributed by atoms with Crippen LogP contribution in [0.15, 0.2) is 83.8 Å². The van der Waals surface area contributed by atoms with Gasteiger partial charge in [-0.2, -0.15) is 0 Å². The van der Waals surface area contributed by atoms with Crippen molar-refractivity contribution in [2.75, 3.05) is 34.2 Å². The normalized spacial score (nSPS) is 13.7. The number of sulfonamides is 1. The summed E-state index contributed by atoms with van der Waals surface area (Å²) in [6.45, 7) is 3.67. The SMILES string of the molecule is Cc1ccc(S(=O)(=O)N(CC(=O)Nc2ccc(N3CCCC3)cc2)c2ccccc2)cc1. The molecule has 0 atom stereocenters. The lowest BCUT2D eigenvalue weighted by Gasteiger charge is -2.24. The molecule has 1 N–H and O–H groups in total. The first-order chi connectivity index (χ1) is 15.4. The summed E-state index contributed by atoms with van der Waals surface area (Å²) in [5, 5.41) is 2.83. The van der Waals surface area contributed by atoms with E-state index in [9.17, 15) is 13.2 Å². The Bertz CT molecular complexity index is 1160. The standard InChI is InChI=1S/C25H27N3O3S/c1-20-9-15-24(16-10-20)32(30,31)28(23-7-3-2-4-8-23)19-25(29)26-21-11-13-22(14-12-21)27-17-5-6-18-27/h2-4,7-16H,5-6,17-19H2,1H3,(H,26,29). The van der Waals surface area contributed by atoms with Crippen molar-refractivity contribution in [2.45, 2.75) is 24.7 Å². The van der Waals surface area contributed by atoms with Crippen molar-refractivity contribution in [3.8, 4) is 0 Å². The number of nitrogens with zero attached hydrogens (tertiary/aromatic N) is 2. The molecule has 0 radical (unpaired) electrons. The highest BCUT2D eigenvalue weighted by molar-refractivity contribution is 7.92. The summed E-state index contributed by atoms with van der Waals surface area (Å²) >= 11 is 0. The van der Waals surface area contributed by atoms with Crippen LogP contribution in [0.5, 0.6) is 0 Å². The largest absolute Gasteiger partial charge is 0.372 e. The second-order valence-corrected chi connectivity index (χ2v) is 9.81. The van der Waals surface area contributed by atoms with Crippen LogP contribution in [0.25, 0.3) is 0 Å². The first-order valence-electron chi connectivity index (χ1n) is 10.7. The summed E-state index contributed by atoms with van der Waals surface area (Å²) in [6, 6.07) is 23.0. The lowest BCUT2D eigenvalue weighted by Crippen LogP contribution is -2.38. The van der Waals surface area contributed by atoms with Crippen molar-refractivity contribution in [3.05, 3.63) is 84.4 Å². The molecule has 1 amide bonds. The number of anilines is 3. The van der Waals surface area contributed by atoms with E-state index < -0.39 is 15.9 Å². The molecule has 6 nitrogen and oxygen atoms in total. The number of para-hydroxylation sites is 1. The molecule has 1 heterocycles. The monoisotopic (exact) mass is 449 g/mol. The smallest absolute Gasteiger partial charge is 0.264 e. The molecule has 0 unspecified atom stereocenters. The Morgan fingerprint density at radius 2 is 1.53 bits per heavy atom. The third kappa shape index (κ3) is 4.94. The van der Waals surface area contributed by atoms with Gasteiger partial charge in [-0.05, 0) is 68.3 Å². The predicted molar refractivity (Wildman–Crippen MR) is 129 cm³/mol. The van der Waals surface area contributed by atoms with E-state index >= 15 is 0 Å². The van der Waals surface area contributed by atoms with Crippen molar-refractivity contribution in [2.24, 2.45) is 0 Å². The van der Waals surface area contributed by atoms with Gasteiger partial charge in [0.25, 0.3) is 10.0 Å². The molecule has 0 bridgehead atoms. The maximum Gasteiger partial charge on any atom is 0.264 e. The number of carbonyl (C=O) groups excluding carboxylic acids is 1. The molecule has 166 valence electrons. The highest BCUT2D eigenvalue weighted by atomic mass is 32.2. The molecule has 1 aliphatic heterocycles. The second-order valence-electron chi connectivity index (χ2n) is 7.95. The van der Waals surface area contributed by atoms with Crippen LogP contribution >= 0.6 is 0 Å². The van der Waals surface area contributed by atoms with Crippen LogP contribution in [0.1, 0.15) is 18.4 Å². The Hall–Kier alpha value is -3.32. The number of hydrogen-bond acceptors (Lipinski definition) is 4. The Kier molecular flexibility index (Phi) is 6.46. The molecule has 3 aromatic carbocycles. The van der Waals surface area contributed by atoms with Gasteiger partial charge >= 0.3 is 0 Å². The minimum atomic E-state index is -3.91. The quantitative estimate of drug-likeness (QED) is 0.579. The summed E-state index contributed by atoms with van der Waals surface area (Å²) in [5.74, 6) is -0.404. The topological polar surface area (TPSA) is 69.7 Å². The van der Waals surface area contributed by atoms with Gasteiger partial charge < -0.3 is 10.2 Å². The number of carbonyl (C=O) groups is 1. The van der Waals surface area contributed by atoms with Crippen LogP contribution in [0.3, 0.4) is 0 Å². The lowest BCUT2D eigenvalue weighted by atomic mass is 10.2. The minimum Gasteiger partial charge on any atom is -0.372 e. The van der Waals surface area contributed by atoms with Crippen LogP contribution in [-0.2, 0) is 14.8 Å². The molecule has 1 fully saturated rings. The number of nitrogens with one attached hydrogen (secondary N) is 1. The van der Waals surface area contributed by atoms with E-state index in [2.05, 4.69) is 10.2 Å². The number of amides is 1. The highest BCUT2D eigenvalue weighted by Gasteiger charge is 2.27. The van der Waals surface area contributed by atoms with E-state index in [0.717, 1.165) is 28.6 Å². The van der Waals surface area contributed by atoms with Crippen molar-refractivity contribution < 1.29 is 13.2 Å². The first kappa shape index (κ1) is 21.9. The molecule has 1 aliphatic rings. The fourth-order valence-corrected chi connectivity index (χ4v) is 5.23. The van der Waals surface area contributed by atoms with Gasteiger partial charge in [-0.1, -0.05) is 35.9 Å². The van der Waals surface area contributed by atoms with Crippen LogP contribution in [0.4, 0.5) is 17.1 Å². The van der Waals surface area contributed by atoms with Crippen LogP contribution < -0.4 is 14.5 Å². The molecule has 7 heteroatoms. The molecular formula is C25H27N3O3S. The molecular weight excluding hydrogens is 422 g/mol. The van der Waals surface area contributed by atoms with Crippen LogP contribution in [-0.4, -0.2) is 34.0 Å². The Balaban J connectivity index is 1.53. The molecule has 32 heavy (non-hydrogen) atoms. The van der Waals surface area contributed by atoms with Gasteiger partial charge in [-0.25, -0.2) is 8.42 Å². The Labute approximate surface area is 189 Å². The van der Waals surface area contributed by atoms with E-state index in [0.29, 0.717) is 11.4 Å². The Morgan fingerprint density at radius 1 is 0.906 bits per heavy atom. The van der Waals surface area contributed by atoms with E-state index in [1.54, 1.807) is 48.5 Å². The van der Waals surface area contributed by atoms with E-state index in [1.807, 2.05) is 37.3 Å². The maximum absolute atomic E-state index is 13.4. The fourth-order valence-electron chi connectivity index (χ4n) is 3.81. The average Bonchev–Trinajstić information content (AvgIpc) is 3.34. The molecule has 4 rings (SSSR count). The molecule has 0 aliphatic carbocycles. The zero-order valence-corrected chi connectivity index (χ0v) is 18.9. The van der Waals surface area contributed by atoms with Gasteiger partial charge in [0.15, 0.2) is 0 Å². The minimum absolute atomic E-state index is 0.148. The van der Waals surface area contributed by atoms with Gasteiger partial charge in [0.2, 0.25) is 5.91 Å². The van der Waals surface area contributed by atoms with Gasteiger partial charge in [-0.3, -0.25) is 9.10 Å². The molecule has 1 saturated heterocycles. The fraction of sp³-hybridized carbons (Fsp3) is 0.240. The van der Waals surface area contributed by atoms with Gasteiger partial charge in [-0.15, -0.1) is 0 Å². The number of benzene rings is 3. The van der Waals surface area contributed by atoms with Crippen molar-refractivity contribution in [3.63, 3.8) is 0 Å². The molecule has 0 aromatic heterocycles. The third-order valence-electron chi connectivity index (χ3n) is 5.56. The van der Waals surface area contributed by atoms with Crippen molar-refractivity contribution in [1.82, 2.24) is 0 Å². The van der Waals surface area contributed by atoms with Crippen molar-refractivity contribution in [1.29, 1.82) is 0 Å². The zero-order chi connectivity index (χ0) is 22.6. The molecule has 3 aromatic rings. The summed E-state index contributed by atoms with van der Waals surface area (Å²) in [7, 11) is -3.91. The number of hydrogen-bond donors (Lipinski definition) is 1.